The average molecular weight is 355 g/mol. The number of nitrogens with zero attached hydrogens (tertiary/aromatic N) is 2. The summed E-state index contributed by atoms with van der Waals surface area (Å²) in [6.45, 7) is 0. The summed E-state index contributed by atoms with van der Waals surface area (Å²) in [7, 11) is 4.59. The van der Waals surface area contributed by atoms with Gasteiger partial charge in [-0.1, -0.05) is 0 Å². The summed E-state index contributed by atoms with van der Waals surface area (Å²) in [5.41, 5.74) is 0.975. The Labute approximate surface area is 130 Å². The van der Waals surface area contributed by atoms with E-state index >= 15 is 0 Å². The molecule has 7 heteroatoms. The van der Waals surface area contributed by atoms with Gasteiger partial charge in [0.2, 0.25) is 5.88 Å². The zero-order valence-electron chi connectivity index (χ0n) is 11.8. The molecule has 1 heterocycles. The fourth-order valence-electron chi connectivity index (χ4n) is 1.91. The van der Waals surface area contributed by atoms with Gasteiger partial charge in [-0.3, -0.25) is 0 Å². The van der Waals surface area contributed by atoms with Crippen molar-refractivity contribution in [3.63, 3.8) is 0 Å². The molecule has 2 rings (SSSR count). The molecule has 1 N–H and O–H groups in total. The lowest BCUT2D eigenvalue weighted by Gasteiger charge is -2.17. The van der Waals surface area contributed by atoms with Crippen LogP contribution in [0.2, 0.25) is 0 Å². The Kier molecular flexibility index (Phi) is 4.98. The van der Waals surface area contributed by atoms with Crippen molar-refractivity contribution in [2.24, 2.45) is 0 Å². The molecule has 0 aliphatic carbocycles. The highest BCUT2D eigenvalue weighted by Gasteiger charge is 2.21. The molecule has 1 unspecified atom stereocenters. The number of hydrogen-bond donors (Lipinski definition) is 1. The quantitative estimate of drug-likeness (QED) is 0.888. The van der Waals surface area contributed by atoms with Crippen molar-refractivity contribution < 1.29 is 19.3 Å². The molecule has 1 atom stereocenters. The number of benzene rings is 1. The molecule has 1 aromatic heterocycles. The van der Waals surface area contributed by atoms with E-state index in [2.05, 4.69) is 25.9 Å². The van der Waals surface area contributed by atoms with E-state index in [4.69, 9.17) is 14.2 Å². The van der Waals surface area contributed by atoms with Crippen LogP contribution in [0.25, 0.3) is 0 Å². The van der Waals surface area contributed by atoms with E-state index in [-0.39, 0.29) is 0 Å². The molecule has 2 aromatic rings. The molecular formula is C14H15BrN2O4. The van der Waals surface area contributed by atoms with Crippen LogP contribution in [-0.2, 0) is 0 Å². The Hall–Kier alpha value is -1.86. The minimum Gasteiger partial charge on any atom is -0.495 e. The number of aliphatic hydroxyl groups is 1. The molecule has 1 aromatic carbocycles. The average Bonchev–Trinajstić information content (AvgIpc) is 2.53. The van der Waals surface area contributed by atoms with Gasteiger partial charge < -0.3 is 19.3 Å². The summed E-state index contributed by atoms with van der Waals surface area (Å²) in [4.78, 5) is 7.98. The maximum atomic E-state index is 10.5. The lowest BCUT2D eigenvalue weighted by atomic mass is 10.0. The van der Waals surface area contributed by atoms with E-state index < -0.39 is 6.10 Å². The van der Waals surface area contributed by atoms with Crippen LogP contribution in [0.1, 0.15) is 17.4 Å². The first-order valence-corrected chi connectivity index (χ1v) is 6.86. The maximum absolute atomic E-state index is 10.5. The summed E-state index contributed by atoms with van der Waals surface area (Å²) in [6.07, 6.45) is 0.363. The van der Waals surface area contributed by atoms with Crippen molar-refractivity contribution in [1.82, 2.24) is 9.97 Å². The third kappa shape index (κ3) is 3.08. The Morgan fingerprint density at radius 3 is 2.48 bits per heavy atom. The summed E-state index contributed by atoms with van der Waals surface area (Å²) < 4.78 is 16.2. The van der Waals surface area contributed by atoms with Crippen LogP contribution < -0.4 is 14.2 Å². The van der Waals surface area contributed by atoms with Crippen LogP contribution in [0.3, 0.4) is 0 Å². The second-order valence-electron chi connectivity index (χ2n) is 4.09. The normalized spacial score (nSPS) is 11.9. The van der Waals surface area contributed by atoms with E-state index in [1.807, 2.05) is 0 Å². The summed E-state index contributed by atoms with van der Waals surface area (Å²) in [5.74, 6) is 1.48. The van der Waals surface area contributed by atoms with Crippen molar-refractivity contribution in [2.75, 3.05) is 21.3 Å². The van der Waals surface area contributed by atoms with Gasteiger partial charge in [0.15, 0.2) is 0 Å². The molecule has 0 radical (unpaired) electrons. The van der Waals surface area contributed by atoms with Gasteiger partial charge in [0, 0.05) is 11.6 Å². The van der Waals surface area contributed by atoms with Crippen molar-refractivity contribution in [1.29, 1.82) is 0 Å². The van der Waals surface area contributed by atoms with Crippen LogP contribution in [0, 0.1) is 0 Å². The maximum Gasteiger partial charge on any atom is 0.216 e. The van der Waals surface area contributed by atoms with Gasteiger partial charge in [-0.15, -0.1) is 0 Å². The molecule has 21 heavy (non-hydrogen) atoms. The van der Waals surface area contributed by atoms with E-state index in [0.29, 0.717) is 33.1 Å². The molecule has 0 saturated carbocycles. The van der Waals surface area contributed by atoms with E-state index in [1.165, 1.54) is 20.5 Å². The monoisotopic (exact) mass is 354 g/mol. The zero-order valence-corrected chi connectivity index (χ0v) is 13.4. The molecule has 0 spiro atoms. The molecule has 0 bridgehead atoms. The molecule has 0 aliphatic heterocycles. The molecular weight excluding hydrogens is 340 g/mol. The van der Waals surface area contributed by atoms with Gasteiger partial charge in [-0.2, -0.15) is 0 Å². The van der Waals surface area contributed by atoms with Crippen molar-refractivity contribution in [2.45, 2.75) is 6.10 Å². The number of ether oxygens (including phenoxy) is 3. The van der Waals surface area contributed by atoms with Gasteiger partial charge >= 0.3 is 0 Å². The molecule has 0 fully saturated rings. The largest absolute Gasteiger partial charge is 0.495 e. The van der Waals surface area contributed by atoms with Crippen LogP contribution >= 0.6 is 15.9 Å². The lowest BCUT2D eigenvalue weighted by Crippen LogP contribution is -2.06. The first kappa shape index (κ1) is 15.5. The highest BCUT2D eigenvalue weighted by atomic mass is 79.9. The molecule has 0 saturated heterocycles. The SMILES string of the molecule is COc1cc(C(O)c2ccc(OC)c(Br)c2OC)ncn1. The second kappa shape index (κ2) is 6.73. The van der Waals surface area contributed by atoms with E-state index in [1.54, 1.807) is 25.3 Å². The molecule has 0 aliphatic rings. The number of methoxy groups -OCH3 is 3. The Bertz CT molecular complexity index is 636. The summed E-state index contributed by atoms with van der Waals surface area (Å²) >= 11 is 3.40. The first-order chi connectivity index (χ1) is 10.1. The van der Waals surface area contributed by atoms with Gasteiger partial charge in [0.05, 0.1) is 27.0 Å². The summed E-state index contributed by atoms with van der Waals surface area (Å²) in [6, 6.07) is 5.04. The van der Waals surface area contributed by atoms with Crippen molar-refractivity contribution >= 4 is 15.9 Å². The number of aromatic nitrogens is 2. The molecule has 6 nitrogen and oxygen atoms in total. The smallest absolute Gasteiger partial charge is 0.216 e. The third-order valence-electron chi connectivity index (χ3n) is 2.96. The minimum absolute atomic E-state index is 0.380. The van der Waals surface area contributed by atoms with Gasteiger partial charge in [-0.25, -0.2) is 9.97 Å². The zero-order chi connectivity index (χ0) is 15.4. The van der Waals surface area contributed by atoms with Crippen molar-refractivity contribution in [3.8, 4) is 17.4 Å². The fraction of sp³-hybridized carbons (Fsp3) is 0.286. The van der Waals surface area contributed by atoms with Gasteiger partial charge in [0.1, 0.15) is 28.4 Å². The first-order valence-electron chi connectivity index (χ1n) is 6.06. The van der Waals surface area contributed by atoms with E-state index in [0.717, 1.165) is 0 Å². The van der Waals surface area contributed by atoms with Crippen LogP contribution in [0.5, 0.6) is 17.4 Å². The molecule has 0 amide bonds. The van der Waals surface area contributed by atoms with Crippen LogP contribution in [0.15, 0.2) is 29.0 Å². The highest BCUT2D eigenvalue weighted by molar-refractivity contribution is 9.10. The standard InChI is InChI=1S/C14H15BrN2O4/c1-19-10-5-4-8(14(21-3)12(10)15)13(18)9-6-11(20-2)17-7-16-9/h4-7,13,18H,1-3H3. The second-order valence-corrected chi connectivity index (χ2v) is 4.89. The highest BCUT2D eigenvalue weighted by Crippen LogP contribution is 2.41. The number of halogens is 1. The lowest BCUT2D eigenvalue weighted by molar-refractivity contribution is 0.208. The fourth-order valence-corrected chi connectivity index (χ4v) is 2.59. The van der Waals surface area contributed by atoms with E-state index in [9.17, 15) is 5.11 Å². The molecule has 112 valence electrons. The van der Waals surface area contributed by atoms with Crippen LogP contribution in [-0.4, -0.2) is 36.4 Å². The third-order valence-corrected chi connectivity index (χ3v) is 3.71. The number of rotatable bonds is 5. The minimum atomic E-state index is -0.973. The number of hydrogen-bond acceptors (Lipinski definition) is 6. The Morgan fingerprint density at radius 2 is 1.86 bits per heavy atom. The Balaban J connectivity index is 2.47. The van der Waals surface area contributed by atoms with Gasteiger partial charge in [0.25, 0.3) is 0 Å². The Morgan fingerprint density at radius 1 is 1.10 bits per heavy atom. The predicted molar refractivity (Wildman–Crippen MR) is 79.9 cm³/mol. The topological polar surface area (TPSA) is 73.7 Å². The van der Waals surface area contributed by atoms with Gasteiger partial charge in [-0.05, 0) is 28.1 Å². The van der Waals surface area contributed by atoms with Crippen molar-refractivity contribution in [3.05, 3.63) is 40.3 Å². The summed E-state index contributed by atoms with van der Waals surface area (Å²) in [5, 5.41) is 10.5. The van der Waals surface area contributed by atoms with Crippen LogP contribution in [0.4, 0.5) is 0 Å². The predicted octanol–water partition coefficient (Wildman–Crippen LogP) is 2.35. The number of aliphatic hydroxyl groups excluding tert-OH is 1.